The van der Waals surface area contributed by atoms with Gasteiger partial charge in [-0.15, -0.1) is 11.3 Å². The van der Waals surface area contributed by atoms with E-state index < -0.39 is 0 Å². The van der Waals surface area contributed by atoms with Crippen molar-refractivity contribution >= 4 is 49.0 Å². The fraction of sp³-hybridized carbons (Fsp3) is 0.444. The van der Waals surface area contributed by atoms with E-state index in [0.717, 1.165) is 19.6 Å². The fourth-order valence-electron chi connectivity index (χ4n) is 1.22. The summed E-state index contributed by atoms with van der Waals surface area (Å²) < 4.78 is 1.96. The van der Waals surface area contributed by atoms with E-state index in [-0.39, 0.29) is 5.78 Å². The largest absolute Gasteiger partial charge is 0.294 e. The van der Waals surface area contributed by atoms with E-state index in [1.54, 1.807) is 11.3 Å². The van der Waals surface area contributed by atoms with Crippen LogP contribution in [-0.2, 0) is 0 Å². The van der Waals surface area contributed by atoms with Crippen molar-refractivity contribution in [3.63, 3.8) is 0 Å². The van der Waals surface area contributed by atoms with Crippen molar-refractivity contribution in [2.24, 2.45) is 5.92 Å². The zero-order chi connectivity index (χ0) is 9.42. The molecule has 1 aliphatic rings. The van der Waals surface area contributed by atoms with Gasteiger partial charge in [0.25, 0.3) is 0 Å². The molecule has 0 spiro atoms. The maximum atomic E-state index is 11.7. The fourth-order valence-corrected chi connectivity index (χ4v) is 4.08. The molecule has 1 aliphatic carbocycles. The van der Waals surface area contributed by atoms with Crippen LogP contribution in [0.1, 0.15) is 29.6 Å². The lowest BCUT2D eigenvalue weighted by molar-refractivity contribution is 0.0976. The molecule has 0 saturated heterocycles. The number of Topliss-reactive ketones (excluding diaryl/α,β-unsaturated/α-hetero) is 1. The Kier molecular flexibility index (Phi) is 2.91. The van der Waals surface area contributed by atoms with Gasteiger partial charge in [-0.1, -0.05) is 0 Å². The molecule has 70 valence electrons. The molecular weight excluding hydrogens is 316 g/mol. The Labute approximate surface area is 97.8 Å². The maximum Gasteiger partial charge on any atom is 0.165 e. The van der Waals surface area contributed by atoms with Gasteiger partial charge in [-0.25, -0.2) is 0 Å². The molecule has 2 rings (SSSR count). The summed E-state index contributed by atoms with van der Waals surface area (Å²) in [7, 11) is 0. The van der Waals surface area contributed by atoms with Gasteiger partial charge in [0.05, 0.1) is 7.57 Å². The van der Waals surface area contributed by atoms with Crippen LogP contribution in [-0.4, -0.2) is 5.78 Å². The van der Waals surface area contributed by atoms with Crippen molar-refractivity contribution in [3.8, 4) is 0 Å². The van der Waals surface area contributed by atoms with Crippen LogP contribution < -0.4 is 0 Å². The number of ketones is 1. The summed E-state index contributed by atoms with van der Waals surface area (Å²) in [5.41, 5.74) is 0.837. The van der Waals surface area contributed by atoms with Gasteiger partial charge in [-0.3, -0.25) is 4.79 Å². The molecule has 0 N–H and O–H groups in total. The Morgan fingerprint density at radius 3 is 2.69 bits per heavy atom. The first kappa shape index (κ1) is 9.87. The molecule has 0 radical (unpaired) electrons. The number of halogens is 2. The highest BCUT2D eigenvalue weighted by Gasteiger charge is 2.26. The Morgan fingerprint density at radius 2 is 2.23 bits per heavy atom. The highest BCUT2D eigenvalue weighted by atomic mass is 79.9. The molecule has 1 heterocycles. The first-order valence-corrected chi connectivity index (χ1v) is 6.55. The summed E-state index contributed by atoms with van der Waals surface area (Å²) in [5, 5.41) is 0. The molecule has 1 fully saturated rings. The van der Waals surface area contributed by atoms with Gasteiger partial charge in [-0.2, -0.15) is 0 Å². The Balaban J connectivity index is 2.13. The predicted molar refractivity (Wildman–Crippen MR) is 61.4 cm³/mol. The van der Waals surface area contributed by atoms with Gasteiger partial charge in [0.2, 0.25) is 0 Å². The van der Waals surface area contributed by atoms with Crippen LogP contribution in [0.5, 0.6) is 0 Å². The van der Waals surface area contributed by atoms with Crippen molar-refractivity contribution in [3.05, 3.63) is 19.2 Å². The van der Waals surface area contributed by atoms with Crippen LogP contribution in [0.2, 0.25) is 0 Å². The van der Waals surface area contributed by atoms with Gasteiger partial charge in [0.15, 0.2) is 5.78 Å². The van der Waals surface area contributed by atoms with E-state index in [1.165, 1.54) is 12.8 Å². The highest BCUT2D eigenvalue weighted by Crippen LogP contribution is 2.37. The smallest absolute Gasteiger partial charge is 0.165 e. The molecule has 0 aliphatic heterocycles. The molecule has 1 aromatic rings. The summed E-state index contributed by atoms with van der Waals surface area (Å²) >= 11 is 8.32. The van der Waals surface area contributed by atoms with E-state index >= 15 is 0 Å². The number of hydrogen-bond acceptors (Lipinski definition) is 2. The third-order valence-corrected chi connectivity index (χ3v) is 4.47. The van der Waals surface area contributed by atoms with E-state index in [2.05, 4.69) is 31.9 Å². The molecule has 0 atom stereocenters. The molecule has 0 amide bonds. The van der Waals surface area contributed by atoms with Crippen LogP contribution in [0.3, 0.4) is 0 Å². The average Bonchev–Trinajstić information content (AvgIpc) is 2.77. The molecule has 4 heteroatoms. The van der Waals surface area contributed by atoms with Crippen molar-refractivity contribution in [1.29, 1.82) is 0 Å². The van der Waals surface area contributed by atoms with Crippen LogP contribution in [0.25, 0.3) is 0 Å². The second kappa shape index (κ2) is 3.83. The highest BCUT2D eigenvalue weighted by molar-refractivity contribution is 9.12. The first-order valence-electron chi connectivity index (χ1n) is 4.15. The average molecular weight is 324 g/mol. The van der Waals surface area contributed by atoms with Crippen LogP contribution in [0, 0.1) is 5.92 Å². The van der Waals surface area contributed by atoms with Gasteiger partial charge < -0.3 is 0 Å². The second-order valence-corrected chi connectivity index (χ2v) is 7.06. The maximum absolute atomic E-state index is 11.7. The lowest BCUT2D eigenvalue weighted by atomic mass is 10.1. The summed E-state index contributed by atoms with van der Waals surface area (Å²) in [4.78, 5) is 11.7. The van der Waals surface area contributed by atoms with Crippen molar-refractivity contribution < 1.29 is 4.79 Å². The number of carbonyl (C=O) groups is 1. The molecule has 1 saturated carbocycles. The number of carbonyl (C=O) groups excluding carboxylic acids is 1. The second-order valence-electron chi connectivity index (χ2n) is 3.31. The van der Waals surface area contributed by atoms with Crippen molar-refractivity contribution in [2.45, 2.75) is 19.3 Å². The summed E-state index contributed by atoms with van der Waals surface area (Å²) in [6, 6.07) is 1.90. The summed E-state index contributed by atoms with van der Waals surface area (Å²) in [6.07, 6.45) is 3.19. The third kappa shape index (κ3) is 2.42. The van der Waals surface area contributed by atoms with E-state index in [9.17, 15) is 4.79 Å². The van der Waals surface area contributed by atoms with Crippen LogP contribution in [0.4, 0.5) is 0 Å². The molecule has 1 nitrogen and oxygen atoms in total. The number of rotatable bonds is 3. The van der Waals surface area contributed by atoms with Crippen molar-refractivity contribution in [2.75, 3.05) is 0 Å². The lowest BCUT2D eigenvalue weighted by Crippen LogP contribution is -1.98. The topological polar surface area (TPSA) is 17.1 Å². The van der Waals surface area contributed by atoms with Crippen LogP contribution in [0.15, 0.2) is 13.6 Å². The quantitative estimate of drug-likeness (QED) is 0.760. The van der Waals surface area contributed by atoms with E-state index in [4.69, 9.17) is 0 Å². The predicted octanol–water partition coefficient (Wildman–Crippen LogP) is 4.26. The normalized spacial score (nSPS) is 16.2. The minimum absolute atomic E-state index is 0.274. The minimum atomic E-state index is 0.274. The van der Waals surface area contributed by atoms with Gasteiger partial charge >= 0.3 is 0 Å². The lowest BCUT2D eigenvalue weighted by Gasteiger charge is -1.95. The minimum Gasteiger partial charge on any atom is -0.294 e. The SMILES string of the molecule is O=C(CC1CC1)c1cc(Br)sc1Br. The van der Waals surface area contributed by atoms with E-state index in [0.29, 0.717) is 5.92 Å². The molecule has 13 heavy (non-hydrogen) atoms. The zero-order valence-electron chi connectivity index (χ0n) is 6.85. The number of hydrogen-bond donors (Lipinski definition) is 0. The van der Waals surface area contributed by atoms with Gasteiger partial charge in [0, 0.05) is 12.0 Å². The molecule has 1 aromatic heterocycles. The molecule has 0 bridgehead atoms. The van der Waals surface area contributed by atoms with Crippen LogP contribution >= 0.6 is 43.2 Å². The molecule has 0 aromatic carbocycles. The first-order chi connectivity index (χ1) is 6.16. The van der Waals surface area contributed by atoms with Gasteiger partial charge in [0.1, 0.15) is 0 Å². The summed E-state index contributed by atoms with van der Waals surface area (Å²) in [6.45, 7) is 0. The molecule has 0 unspecified atom stereocenters. The monoisotopic (exact) mass is 322 g/mol. The van der Waals surface area contributed by atoms with Gasteiger partial charge in [-0.05, 0) is 56.7 Å². The Morgan fingerprint density at radius 1 is 1.54 bits per heavy atom. The number of thiophene rings is 1. The molecular formula is C9H8Br2OS. The standard InChI is InChI=1S/C9H8Br2OS/c10-8-4-6(9(11)13-8)7(12)3-5-1-2-5/h4-5H,1-3H2. The van der Waals surface area contributed by atoms with Crippen molar-refractivity contribution in [1.82, 2.24) is 0 Å². The zero-order valence-corrected chi connectivity index (χ0v) is 10.8. The Hall–Kier alpha value is 0.330. The Bertz CT molecular complexity index is 341. The van der Waals surface area contributed by atoms with E-state index in [1.807, 2.05) is 6.07 Å². The third-order valence-electron chi connectivity index (χ3n) is 2.13. The summed E-state index contributed by atoms with van der Waals surface area (Å²) in [5.74, 6) is 0.939.